The molecule has 0 atom stereocenters. The van der Waals surface area contributed by atoms with E-state index < -0.39 is 10.4 Å². The fourth-order valence-corrected chi connectivity index (χ4v) is 1.11. The summed E-state index contributed by atoms with van der Waals surface area (Å²) < 4.78 is 31.6. The van der Waals surface area contributed by atoms with Gasteiger partial charge in [-0.1, -0.05) is 12.8 Å². The van der Waals surface area contributed by atoms with Crippen LogP contribution in [0.2, 0.25) is 0 Å². The molecular weight excluding hydrogens is 256 g/mol. The van der Waals surface area contributed by atoms with Crippen molar-refractivity contribution in [2.45, 2.75) is 25.7 Å². The van der Waals surface area contributed by atoms with Crippen LogP contribution in [0.25, 0.3) is 0 Å². The second kappa shape index (κ2) is 11.6. The molecule has 0 fully saturated rings. The molecule has 0 aromatic carbocycles. The van der Waals surface area contributed by atoms with Gasteiger partial charge in [0.25, 0.3) is 0 Å². The van der Waals surface area contributed by atoms with Gasteiger partial charge in [0.1, 0.15) is 0 Å². The molecule has 0 aliphatic carbocycles. The van der Waals surface area contributed by atoms with Gasteiger partial charge in [-0.2, -0.15) is 8.42 Å². The van der Waals surface area contributed by atoms with Gasteiger partial charge in [0.2, 0.25) is 0 Å². The minimum atomic E-state index is -4.67. The van der Waals surface area contributed by atoms with Gasteiger partial charge in [-0.15, -0.1) is 0 Å². The molecule has 0 saturated carbocycles. The number of rotatable bonds is 7. The first-order chi connectivity index (χ1) is 7.27. The predicted molar refractivity (Wildman–Crippen MR) is 65.1 cm³/mol. The molecular formula is C8H21ClN2O4S. The average molecular weight is 277 g/mol. The van der Waals surface area contributed by atoms with E-state index in [9.17, 15) is 0 Å². The summed E-state index contributed by atoms with van der Waals surface area (Å²) in [4.78, 5) is 4.85. The Morgan fingerprint density at radius 3 is 1.94 bits per heavy atom. The molecule has 0 bridgehead atoms. The number of hydrogen-bond acceptors (Lipinski definition) is 4. The Balaban J connectivity index is 0. The molecule has 6 nitrogen and oxygen atoms in total. The molecule has 8 heteroatoms. The maximum absolute atomic E-state index is 8.74. The standard InChI is InChI=1S/C8H19ClN2.H2O4S/c1-11(2)8-6-4-3-5-7-10-9;1-5(2,3)4/h10H,3-8H2,1-2H3;(H2,1,2,3,4). The molecule has 3 N–H and O–H groups in total. The van der Waals surface area contributed by atoms with Crippen molar-refractivity contribution in [2.75, 3.05) is 27.2 Å². The van der Waals surface area contributed by atoms with Crippen LogP contribution in [-0.4, -0.2) is 49.6 Å². The van der Waals surface area contributed by atoms with Gasteiger partial charge in [0, 0.05) is 6.54 Å². The van der Waals surface area contributed by atoms with E-state index >= 15 is 0 Å². The fourth-order valence-electron chi connectivity index (χ4n) is 0.973. The van der Waals surface area contributed by atoms with Crippen LogP contribution in [0.15, 0.2) is 0 Å². The van der Waals surface area contributed by atoms with Gasteiger partial charge in [-0.3, -0.25) is 9.11 Å². The van der Waals surface area contributed by atoms with Crippen molar-refractivity contribution in [1.29, 1.82) is 0 Å². The van der Waals surface area contributed by atoms with Gasteiger partial charge in [-0.25, -0.2) is 4.84 Å². The van der Waals surface area contributed by atoms with E-state index in [-0.39, 0.29) is 0 Å². The number of hydrogen-bond donors (Lipinski definition) is 3. The lowest BCUT2D eigenvalue weighted by Gasteiger charge is -2.08. The van der Waals surface area contributed by atoms with Crippen LogP contribution in [0.1, 0.15) is 25.7 Å². The molecule has 0 spiro atoms. The molecule has 0 aliphatic rings. The Morgan fingerprint density at radius 2 is 1.56 bits per heavy atom. The van der Waals surface area contributed by atoms with Crippen molar-refractivity contribution in [3.63, 3.8) is 0 Å². The SMILES string of the molecule is CN(C)CCCCCCNCl.O=S(=O)(O)O. The Labute approximate surface area is 103 Å². The van der Waals surface area contributed by atoms with Crippen molar-refractivity contribution in [1.82, 2.24) is 9.74 Å². The smallest absolute Gasteiger partial charge is 0.309 e. The van der Waals surface area contributed by atoms with E-state index in [4.69, 9.17) is 29.3 Å². The third-order valence-electron chi connectivity index (χ3n) is 1.63. The second-order valence-corrected chi connectivity index (χ2v) is 4.71. The third kappa shape index (κ3) is 36.9. The van der Waals surface area contributed by atoms with E-state index in [1.54, 1.807) is 0 Å². The zero-order valence-electron chi connectivity index (χ0n) is 9.69. The van der Waals surface area contributed by atoms with Crippen molar-refractivity contribution in [3.8, 4) is 0 Å². The fraction of sp³-hybridized carbons (Fsp3) is 1.00. The number of nitrogens with one attached hydrogen (secondary N) is 1. The monoisotopic (exact) mass is 276 g/mol. The maximum atomic E-state index is 8.74. The molecule has 0 aromatic heterocycles. The normalized spacial score (nSPS) is 11.1. The van der Waals surface area contributed by atoms with Crippen molar-refractivity contribution in [3.05, 3.63) is 0 Å². The lowest BCUT2D eigenvalue weighted by atomic mass is 10.2. The first-order valence-corrected chi connectivity index (χ1v) is 6.73. The largest absolute Gasteiger partial charge is 0.394 e. The first kappa shape index (κ1) is 18.4. The lowest BCUT2D eigenvalue weighted by Crippen LogP contribution is -2.12. The highest BCUT2D eigenvalue weighted by Crippen LogP contribution is 1.99. The van der Waals surface area contributed by atoms with E-state index in [0.717, 1.165) is 6.54 Å². The molecule has 100 valence electrons. The van der Waals surface area contributed by atoms with Crippen LogP contribution < -0.4 is 4.84 Å². The minimum Gasteiger partial charge on any atom is -0.309 e. The summed E-state index contributed by atoms with van der Waals surface area (Å²) in [6.45, 7) is 2.14. The Bertz CT molecular complexity index is 226. The van der Waals surface area contributed by atoms with E-state index in [1.807, 2.05) is 0 Å². The predicted octanol–water partition coefficient (Wildman–Crippen LogP) is 1.20. The highest BCUT2D eigenvalue weighted by molar-refractivity contribution is 7.79. The summed E-state index contributed by atoms with van der Waals surface area (Å²) in [5.74, 6) is 0. The van der Waals surface area contributed by atoms with Gasteiger partial charge in [0.15, 0.2) is 0 Å². The van der Waals surface area contributed by atoms with Crippen LogP contribution in [0.3, 0.4) is 0 Å². The number of unbranched alkanes of at least 4 members (excludes halogenated alkanes) is 3. The molecule has 0 unspecified atom stereocenters. The van der Waals surface area contributed by atoms with Crippen LogP contribution in [0.4, 0.5) is 0 Å². The Kier molecular flexibility index (Phi) is 13.3. The van der Waals surface area contributed by atoms with Gasteiger partial charge >= 0.3 is 10.4 Å². The van der Waals surface area contributed by atoms with Crippen molar-refractivity contribution < 1.29 is 17.5 Å². The zero-order chi connectivity index (χ0) is 13.0. The van der Waals surface area contributed by atoms with Gasteiger partial charge < -0.3 is 4.90 Å². The highest BCUT2D eigenvalue weighted by atomic mass is 35.5. The summed E-state index contributed by atoms with van der Waals surface area (Å²) in [5.41, 5.74) is 0. The maximum Gasteiger partial charge on any atom is 0.394 e. The first-order valence-electron chi connectivity index (χ1n) is 4.95. The van der Waals surface area contributed by atoms with Gasteiger partial charge in [0.05, 0.1) is 0 Å². The summed E-state index contributed by atoms with van der Waals surface area (Å²) in [7, 11) is -0.444. The third-order valence-corrected chi connectivity index (χ3v) is 1.82. The van der Waals surface area contributed by atoms with Crippen LogP contribution in [0, 0.1) is 0 Å². The molecule has 0 rings (SSSR count). The molecule has 0 heterocycles. The number of nitrogens with zero attached hydrogens (tertiary/aromatic N) is 1. The molecule has 0 aliphatic heterocycles. The second-order valence-electron chi connectivity index (χ2n) is 3.55. The summed E-state index contributed by atoms with van der Waals surface area (Å²) in [5, 5.41) is 0. The molecule has 0 amide bonds. The zero-order valence-corrected chi connectivity index (χ0v) is 11.3. The summed E-state index contributed by atoms with van der Waals surface area (Å²) in [6, 6.07) is 0. The highest BCUT2D eigenvalue weighted by Gasteiger charge is 1.91. The molecule has 0 aromatic rings. The average Bonchev–Trinajstić information content (AvgIpc) is 2.08. The quantitative estimate of drug-likeness (QED) is 0.368. The summed E-state index contributed by atoms with van der Waals surface area (Å²) in [6.07, 6.45) is 5.09. The topological polar surface area (TPSA) is 89.9 Å². The lowest BCUT2D eigenvalue weighted by molar-refractivity contribution is 0.381. The number of halogens is 1. The Morgan fingerprint density at radius 1 is 1.12 bits per heavy atom. The van der Waals surface area contributed by atoms with Crippen LogP contribution in [-0.2, 0) is 10.4 Å². The minimum absolute atomic E-state index is 0.934. The Hall–Kier alpha value is 0.0800. The molecule has 16 heavy (non-hydrogen) atoms. The van der Waals surface area contributed by atoms with Crippen LogP contribution in [0.5, 0.6) is 0 Å². The van der Waals surface area contributed by atoms with E-state index in [2.05, 4.69) is 23.8 Å². The van der Waals surface area contributed by atoms with Crippen LogP contribution >= 0.6 is 11.8 Å². The van der Waals surface area contributed by atoms with E-state index in [1.165, 1.54) is 32.2 Å². The van der Waals surface area contributed by atoms with Crippen molar-refractivity contribution >= 4 is 22.2 Å². The van der Waals surface area contributed by atoms with E-state index in [0.29, 0.717) is 0 Å². The molecule has 0 radical (unpaired) electrons. The van der Waals surface area contributed by atoms with Crippen molar-refractivity contribution in [2.24, 2.45) is 0 Å². The summed E-state index contributed by atoms with van der Waals surface area (Å²) >= 11 is 5.31. The molecule has 0 saturated heterocycles. The van der Waals surface area contributed by atoms with Gasteiger partial charge in [-0.05, 0) is 45.3 Å².